The van der Waals surface area contributed by atoms with Crippen LogP contribution in [0.4, 0.5) is 4.39 Å². The normalized spacial score (nSPS) is 10.8. The first-order valence-electron chi connectivity index (χ1n) is 5.78. The van der Waals surface area contributed by atoms with Gasteiger partial charge in [-0.25, -0.2) is 4.39 Å². The van der Waals surface area contributed by atoms with Crippen LogP contribution in [-0.4, -0.2) is 29.3 Å². The number of benzene rings is 1. The number of rotatable bonds is 5. The van der Waals surface area contributed by atoms with E-state index in [9.17, 15) is 9.18 Å². The summed E-state index contributed by atoms with van der Waals surface area (Å²) in [5, 5.41) is 0. The van der Waals surface area contributed by atoms with E-state index >= 15 is 0 Å². The number of carbonyl (C=O) groups is 1. The van der Waals surface area contributed by atoms with E-state index in [0.29, 0.717) is 22.5 Å². The van der Waals surface area contributed by atoms with E-state index in [0.717, 1.165) is 6.42 Å². The summed E-state index contributed by atoms with van der Waals surface area (Å²) >= 11 is 8.83. The Balaban J connectivity index is 2.94. The largest absolute Gasteiger partial charge is 0.336 e. The maximum Gasteiger partial charge on any atom is 0.254 e. The minimum Gasteiger partial charge on any atom is -0.336 e. The maximum absolute atomic E-state index is 13.3. The van der Waals surface area contributed by atoms with Gasteiger partial charge in [-0.15, -0.1) is 11.6 Å². The zero-order valence-electron chi connectivity index (χ0n) is 10.4. The summed E-state index contributed by atoms with van der Waals surface area (Å²) in [7, 11) is 0. The Bertz CT molecular complexity index is 405. The molecular weight excluding hydrogens is 321 g/mol. The molecule has 0 saturated heterocycles. The molecule has 0 unspecified atom stereocenters. The lowest BCUT2D eigenvalue weighted by Gasteiger charge is -2.26. The van der Waals surface area contributed by atoms with Gasteiger partial charge in [0.1, 0.15) is 5.82 Å². The van der Waals surface area contributed by atoms with E-state index in [2.05, 4.69) is 15.9 Å². The van der Waals surface area contributed by atoms with Gasteiger partial charge in [0.05, 0.1) is 0 Å². The second kappa shape index (κ2) is 7.10. The Morgan fingerprint density at radius 1 is 1.44 bits per heavy atom. The second-order valence-corrected chi connectivity index (χ2v) is 5.59. The highest BCUT2D eigenvalue weighted by atomic mass is 79.9. The second-order valence-electron chi connectivity index (χ2n) is 4.29. The predicted molar refractivity (Wildman–Crippen MR) is 75.6 cm³/mol. The monoisotopic (exact) mass is 335 g/mol. The first-order chi connectivity index (χ1) is 8.45. The summed E-state index contributed by atoms with van der Waals surface area (Å²) in [4.78, 5) is 14.0. The third kappa shape index (κ3) is 4.25. The van der Waals surface area contributed by atoms with Crippen LogP contribution in [0.2, 0.25) is 0 Å². The lowest BCUT2D eigenvalue weighted by atomic mass is 10.1. The summed E-state index contributed by atoms with van der Waals surface area (Å²) < 4.78 is 13.8. The van der Waals surface area contributed by atoms with Crippen molar-refractivity contribution in [1.82, 2.24) is 4.90 Å². The molecule has 0 aromatic heterocycles. The van der Waals surface area contributed by atoms with Gasteiger partial charge in [-0.1, -0.05) is 15.9 Å². The lowest BCUT2D eigenvalue weighted by molar-refractivity contribution is 0.0706. The van der Waals surface area contributed by atoms with E-state index in [1.807, 2.05) is 13.8 Å². The molecule has 0 radical (unpaired) electrons. The standard InChI is InChI=1S/C13H16BrClFNO/c1-9(2)17(5-3-4-15)13(18)10-6-11(14)8-12(16)7-10/h6-9H,3-5H2,1-2H3. The quantitative estimate of drug-likeness (QED) is 0.742. The number of amides is 1. The van der Waals surface area contributed by atoms with Crippen molar-refractivity contribution in [3.63, 3.8) is 0 Å². The van der Waals surface area contributed by atoms with Crippen LogP contribution in [0, 0.1) is 5.82 Å². The molecule has 1 aromatic rings. The number of carbonyl (C=O) groups excluding carboxylic acids is 1. The molecule has 5 heteroatoms. The molecule has 1 rings (SSSR count). The van der Waals surface area contributed by atoms with Crippen LogP contribution in [0.5, 0.6) is 0 Å². The van der Waals surface area contributed by atoms with Crippen molar-refractivity contribution >= 4 is 33.4 Å². The Morgan fingerprint density at radius 3 is 2.61 bits per heavy atom. The maximum atomic E-state index is 13.3. The fourth-order valence-corrected chi connectivity index (χ4v) is 2.25. The third-order valence-corrected chi connectivity index (χ3v) is 3.25. The highest BCUT2D eigenvalue weighted by Gasteiger charge is 2.19. The van der Waals surface area contributed by atoms with Gasteiger partial charge in [0.2, 0.25) is 0 Å². The first-order valence-corrected chi connectivity index (χ1v) is 7.11. The van der Waals surface area contributed by atoms with Crippen molar-refractivity contribution in [2.75, 3.05) is 12.4 Å². The van der Waals surface area contributed by atoms with Gasteiger partial charge in [0.25, 0.3) is 5.91 Å². The smallest absolute Gasteiger partial charge is 0.254 e. The molecule has 2 nitrogen and oxygen atoms in total. The fraction of sp³-hybridized carbons (Fsp3) is 0.462. The molecule has 0 spiro atoms. The number of alkyl halides is 1. The molecule has 0 heterocycles. The molecule has 0 aliphatic heterocycles. The SMILES string of the molecule is CC(C)N(CCCCl)C(=O)c1cc(F)cc(Br)c1. The zero-order chi connectivity index (χ0) is 13.7. The highest BCUT2D eigenvalue weighted by Crippen LogP contribution is 2.17. The van der Waals surface area contributed by atoms with Crippen LogP contribution in [0.15, 0.2) is 22.7 Å². The van der Waals surface area contributed by atoms with Crippen LogP contribution in [0.1, 0.15) is 30.6 Å². The van der Waals surface area contributed by atoms with Gasteiger partial charge in [-0.3, -0.25) is 4.79 Å². The van der Waals surface area contributed by atoms with E-state index < -0.39 is 5.82 Å². The van der Waals surface area contributed by atoms with Crippen LogP contribution < -0.4 is 0 Å². The van der Waals surface area contributed by atoms with Crippen LogP contribution in [-0.2, 0) is 0 Å². The molecule has 0 fully saturated rings. The first kappa shape index (κ1) is 15.4. The number of halogens is 3. The van der Waals surface area contributed by atoms with Gasteiger partial charge < -0.3 is 4.90 Å². The molecule has 18 heavy (non-hydrogen) atoms. The van der Waals surface area contributed by atoms with Crippen molar-refractivity contribution in [2.45, 2.75) is 26.3 Å². The minimum absolute atomic E-state index is 0.0581. The molecule has 0 atom stereocenters. The zero-order valence-corrected chi connectivity index (χ0v) is 12.8. The van der Waals surface area contributed by atoms with Gasteiger partial charge in [0, 0.05) is 28.5 Å². The van der Waals surface area contributed by atoms with E-state index in [4.69, 9.17) is 11.6 Å². The number of hydrogen-bond donors (Lipinski definition) is 0. The van der Waals surface area contributed by atoms with Gasteiger partial charge in [0.15, 0.2) is 0 Å². The molecule has 0 bridgehead atoms. The molecule has 1 aromatic carbocycles. The fourth-order valence-electron chi connectivity index (χ4n) is 1.67. The Labute approximate surface area is 120 Å². The molecule has 100 valence electrons. The van der Waals surface area contributed by atoms with Crippen LogP contribution in [0.3, 0.4) is 0 Å². The summed E-state index contributed by atoms with van der Waals surface area (Å²) in [5.41, 5.74) is 0.352. The van der Waals surface area contributed by atoms with Gasteiger partial charge in [-0.2, -0.15) is 0 Å². The Kier molecular flexibility index (Phi) is 6.09. The lowest BCUT2D eigenvalue weighted by Crippen LogP contribution is -2.38. The topological polar surface area (TPSA) is 20.3 Å². The molecule has 0 aliphatic carbocycles. The Morgan fingerprint density at radius 2 is 2.11 bits per heavy atom. The summed E-state index contributed by atoms with van der Waals surface area (Å²) in [6.07, 6.45) is 0.724. The van der Waals surface area contributed by atoms with Gasteiger partial charge >= 0.3 is 0 Å². The third-order valence-electron chi connectivity index (χ3n) is 2.53. The summed E-state index contributed by atoms with van der Waals surface area (Å²) in [6, 6.07) is 4.27. The summed E-state index contributed by atoms with van der Waals surface area (Å²) in [5.74, 6) is -0.0901. The highest BCUT2D eigenvalue weighted by molar-refractivity contribution is 9.10. The van der Waals surface area contributed by atoms with Gasteiger partial charge in [-0.05, 0) is 38.5 Å². The molecule has 0 saturated carbocycles. The van der Waals surface area contributed by atoms with Crippen molar-refractivity contribution in [1.29, 1.82) is 0 Å². The average molecular weight is 337 g/mol. The summed E-state index contributed by atoms with van der Waals surface area (Å²) in [6.45, 7) is 4.44. The van der Waals surface area contributed by atoms with E-state index in [1.165, 1.54) is 12.1 Å². The van der Waals surface area contributed by atoms with Crippen molar-refractivity contribution in [3.05, 3.63) is 34.1 Å². The number of nitrogens with zero attached hydrogens (tertiary/aromatic N) is 1. The molecular formula is C13H16BrClFNO. The van der Waals surface area contributed by atoms with Crippen molar-refractivity contribution < 1.29 is 9.18 Å². The Hall–Kier alpha value is -0.610. The van der Waals surface area contributed by atoms with Crippen LogP contribution >= 0.6 is 27.5 Å². The number of hydrogen-bond acceptors (Lipinski definition) is 1. The van der Waals surface area contributed by atoms with E-state index in [1.54, 1.807) is 11.0 Å². The van der Waals surface area contributed by atoms with Crippen LogP contribution in [0.25, 0.3) is 0 Å². The average Bonchev–Trinajstić information content (AvgIpc) is 2.27. The molecule has 1 amide bonds. The van der Waals surface area contributed by atoms with E-state index in [-0.39, 0.29) is 11.9 Å². The predicted octanol–water partition coefficient (Wildman–Crippen LogP) is 4.07. The van der Waals surface area contributed by atoms with Crippen molar-refractivity contribution in [3.8, 4) is 0 Å². The molecule has 0 aliphatic rings. The minimum atomic E-state index is -0.422. The van der Waals surface area contributed by atoms with Crippen molar-refractivity contribution in [2.24, 2.45) is 0 Å². The molecule has 0 N–H and O–H groups in total.